The number of amides is 2. The highest BCUT2D eigenvalue weighted by Crippen LogP contribution is 2.35. The normalized spacial score (nSPS) is 13.6. The Hall–Kier alpha value is -2.79. The molecule has 0 aliphatic carbocycles. The van der Waals surface area contributed by atoms with Crippen LogP contribution in [0.5, 0.6) is 11.5 Å². The third kappa shape index (κ3) is 6.91. The summed E-state index contributed by atoms with van der Waals surface area (Å²) in [6, 6.07) is 11.4. The highest BCUT2D eigenvalue weighted by molar-refractivity contribution is 9.10. The average molecular weight is 583 g/mol. The number of nitrogens with zero attached hydrogens (tertiary/aromatic N) is 2. The first-order chi connectivity index (χ1) is 17.2. The largest absolute Gasteiger partial charge is 0.486 e. The van der Waals surface area contributed by atoms with Crippen LogP contribution in [0.2, 0.25) is 0 Å². The Labute approximate surface area is 220 Å². The van der Waals surface area contributed by atoms with Crippen molar-refractivity contribution in [1.82, 2.24) is 10.2 Å². The van der Waals surface area contributed by atoms with Gasteiger partial charge in [0.05, 0.1) is 11.4 Å². The Kier molecular flexibility index (Phi) is 9.61. The zero-order chi connectivity index (χ0) is 26.3. The molecule has 0 fully saturated rings. The van der Waals surface area contributed by atoms with Crippen LogP contribution in [-0.4, -0.2) is 63.2 Å². The highest BCUT2D eigenvalue weighted by atomic mass is 79.9. The molecular formula is C25H32BrN3O6S. The Bertz CT molecular complexity index is 1170. The molecule has 0 spiro atoms. The van der Waals surface area contributed by atoms with E-state index in [-0.39, 0.29) is 18.2 Å². The zero-order valence-corrected chi connectivity index (χ0v) is 23.1. The van der Waals surface area contributed by atoms with Crippen molar-refractivity contribution in [2.75, 3.05) is 36.4 Å². The fourth-order valence-electron chi connectivity index (χ4n) is 3.67. The number of rotatable bonds is 11. The summed E-state index contributed by atoms with van der Waals surface area (Å²) in [5.41, 5.74) is 1.10. The van der Waals surface area contributed by atoms with Crippen molar-refractivity contribution in [3.63, 3.8) is 0 Å². The van der Waals surface area contributed by atoms with Gasteiger partial charge >= 0.3 is 0 Å². The molecule has 196 valence electrons. The molecule has 2 aromatic carbocycles. The van der Waals surface area contributed by atoms with Crippen molar-refractivity contribution in [2.45, 2.75) is 39.8 Å². The van der Waals surface area contributed by atoms with E-state index in [4.69, 9.17) is 9.47 Å². The van der Waals surface area contributed by atoms with E-state index < -0.39 is 28.5 Å². The van der Waals surface area contributed by atoms with E-state index in [1.54, 1.807) is 25.1 Å². The molecular weight excluding hydrogens is 550 g/mol. The monoisotopic (exact) mass is 581 g/mol. The number of benzene rings is 2. The molecule has 1 heterocycles. The SMILES string of the molecule is CCCNC(=O)C(C)N(Cc1ccc(Br)cc1)C(=O)CN(c1ccc2c(c1)OCCO2)S(=O)(=O)CC. The van der Waals surface area contributed by atoms with Gasteiger partial charge in [0.25, 0.3) is 0 Å². The lowest BCUT2D eigenvalue weighted by atomic mass is 10.1. The fourth-order valence-corrected chi connectivity index (χ4v) is 4.99. The van der Waals surface area contributed by atoms with Crippen molar-refractivity contribution >= 4 is 43.5 Å². The summed E-state index contributed by atoms with van der Waals surface area (Å²) >= 11 is 3.40. The fraction of sp³-hybridized carbons (Fsp3) is 0.440. The van der Waals surface area contributed by atoms with Crippen LogP contribution >= 0.6 is 15.9 Å². The summed E-state index contributed by atoms with van der Waals surface area (Å²) in [5, 5.41) is 2.82. The molecule has 1 aliphatic rings. The highest BCUT2D eigenvalue weighted by Gasteiger charge is 2.31. The summed E-state index contributed by atoms with van der Waals surface area (Å²) < 4.78 is 39.2. The van der Waals surface area contributed by atoms with Gasteiger partial charge in [0.1, 0.15) is 25.8 Å². The van der Waals surface area contributed by atoms with Gasteiger partial charge in [-0.2, -0.15) is 0 Å². The molecule has 0 saturated carbocycles. The first-order valence-electron chi connectivity index (χ1n) is 11.9. The molecule has 0 aromatic heterocycles. The van der Waals surface area contributed by atoms with Crippen LogP contribution in [0.4, 0.5) is 5.69 Å². The predicted molar refractivity (Wildman–Crippen MR) is 142 cm³/mol. The third-order valence-electron chi connectivity index (χ3n) is 5.78. The van der Waals surface area contributed by atoms with E-state index in [1.807, 2.05) is 31.2 Å². The number of hydrogen-bond donors (Lipinski definition) is 1. The van der Waals surface area contributed by atoms with Gasteiger partial charge in [-0.05, 0) is 50.1 Å². The van der Waals surface area contributed by atoms with Crippen molar-refractivity contribution in [3.8, 4) is 11.5 Å². The quantitative estimate of drug-likeness (QED) is 0.436. The third-order valence-corrected chi connectivity index (χ3v) is 8.05. The van der Waals surface area contributed by atoms with Gasteiger partial charge in [-0.3, -0.25) is 13.9 Å². The number of ether oxygens (including phenoxy) is 2. The van der Waals surface area contributed by atoms with E-state index in [2.05, 4.69) is 21.2 Å². The minimum Gasteiger partial charge on any atom is -0.486 e. The van der Waals surface area contributed by atoms with Gasteiger partial charge in [-0.1, -0.05) is 35.0 Å². The van der Waals surface area contributed by atoms with Gasteiger partial charge in [0, 0.05) is 23.6 Å². The van der Waals surface area contributed by atoms with E-state index in [1.165, 1.54) is 11.8 Å². The molecule has 2 aromatic rings. The Morgan fingerprint density at radius 3 is 2.36 bits per heavy atom. The van der Waals surface area contributed by atoms with Crippen LogP contribution in [0, 0.1) is 0 Å². The molecule has 1 aliphatic heterocycles. The van der Waals surface area contributed by atoms with Crippen LogP contribution in [0.1, 0.15) is 32.8 Å². The van der Waals surface area contributed by atoms with E-state index in [0.29, 0.717) is 36.9 Å². The lowest BCUT2D eigenvalue weighted by molar-refractivity contribution is -0.139. The molecule has 3 rings (SSSR count). The van der Waals surface area contributed by atoms with Gasteiger partial charge < -0.3 is 19.7 Å². The molecule has 36 heavy (non-hydrogen) atoms. The molecule has 0 bridgehead atoms. The predicted octanol–water partition coefficient (Wildman–Crippen LogP) is 3.32. The van der Waals surface area contributed by atoms with Crippen LogP contribution < -0.4 is 19.1 Å². The number of anilines is 1. The standard InChI is InChI=1S/C25H32BrN3O6S/c1-4-12-27-25(31)18(3)28(16-19-6-8-20(26)9-7-19)24(30)17-29(36(32,33)5-2)21-10-11-22-23(15-21)35-14-13-34-22/h6-11,15,18H,4-5,12-14,16-17H2,1-3H3,(H,27,31). The number of sulfonamides is 1. The Morgan fingerprint density at radius 1 is 1.06 bits per heavy atom. The van der Waals surface area contributed by atoms with Crippen LogP contribution in [0.3, 0.4) is 0 Å². The van der Waals surface area contributed by atoms with Crippen molar-refractivity contribution in [1.29, 1.82) is 0 Å². The summed E-state index contributed by atoms with van der Waals surface area (Å²) in [6.07, 6.45) is 0.756. The molecule has 0 saturated heterocycles. The number of nitrogens with one attached hydrogen (secondary N) is 1. The minimum atomic E-state index is -3.82. The van der Waals surface area contributed by atoms with Crippen LogP contribution in [0.15, 0.2) is 46.9 Å². The molecule has 1 atom stereocenters. The first kappa shape index (κ1) is 27.8. The van der Waals surface area contributed by atoms with E-state index >= 15 is 0 Å². The topological polar surface area (TPSA) is 105 Å². The second-order valence-electron chi connectivity index (χ2n) is 8.35. The number of hydrogen-bond acceptors (Lipinski definition) is 6. The Morgan fingerprint density at radius 2 is 1.72 bits per heavy atom. The van der Waals surface area contributed by atoms with Gasteiger partial charge in [-0.25, -0.2) is 8.42 Å². The second kappa shape index (κ2) is 12.4. The number of halogens is 1. The summed E-state index contributed by atoms with van der Waals surface area (Å²) in [6.45, 7) is 6.03. The first-order valence-corrected chi connectivity index (χ1v) is 14.3. The maximum absolute atomic E-state index is 13.6. The zero-order valence-electron chi connectivity index (χ0n) is 20.7. The average Bonchev–Trinajstić information content (AvgIpc) is 2.89. The van der Waals surface area contributed by atoms with Crippen LogP contribution in [0.25, 0.3) is 0 Å². The minimum absolute atomic E-state index is 0.147. The summed E-state index contributed by atoms with van der Waals surface area (Å²) in [4.78, 5) is 27.8. The maximum Gasteiger partial charge on any atom is 0.244 e. The van der Waals surface area contributed by atoms with Gasteiger partial charge in [0.2, 0.25) is 21.8 Å². The number of carbonyl (C=O) groups is 2. The smallest absolute Gasteiger partial charge is 0.244 e. The number of fused-ring (bicyclic) bond motifs is 1. The van der Waals surface area contributed by atoms with Gasteiger partial charge in [-0.15, -0.1) is 0 Å². The molecule has 1 N–H and O–H groups in total. The Balaban J connectivity index is 1.93. The lowest BCUT2D eigenvalue weighted by Crippen LogP contribution is -2.51. The second-order valence-corrected chi connectivity index (χ2v) is 11.4. The molecule has 0 radical (unpaired) electrons. The molecule has 9 nitrogen and oxygen atoms in total. The van der Waals surface area contributed by atoms with Gasteiger partial charge in [0.15, 0.2) is 11.5 Å². The number of carbonyl (C=O) groups excluding carboxylic acids is 2. The van der Waals surface area contributed by atoms with Crippen molar-refractivity contribution in [3.05, 3.63) is 52.5 Å². The summed E-state index contributed by atoms with van der Waals surface area (Å²) in [7, 11) is -3.82. The molecule has 2 amide bonds. The summed E-state index contributed by atoms with van der Waals surface area (Å²) in [5.74, 6) is -0.0612. The van der Waals surface area contributed by atoms with Crippen molar-refractivity contribution in [2.24, 2.45) is 0 Å². The van der Waals surface area contributed by atoms with E-state index in [9.17, 15) is 18.0 Å². The lowest BCUT2D eigenvalue weighted by Gasteiger charge is -2.32. The van der Waals surface area contributed by atoms with E-state index in [0.717, 1.165) is 20.8 Å². The maximum atomic E-state index is 13.6. The molecule has 11 heteroatoms. The van der Waals surface area contributed by atoms with Crippen molar-refractivity contribution < 1.29 is 27.5 Å². The van der Waals surface area contributed by atoms with Crippen LogP contribution in [-0.2, 0) is 26.2 Å². The molecule has 1 unspecified atom stereocenters.